The van der Waals surface area contributed by atoms with Crippen molar-refractivity contribution in [2.75, 3.05) is 18.0 Å². The molecule has 1 aromatic carbocycles. The first-order chi connectivity index (χ1) is 11.2. The molecule has 0 spiro atoms. The lowest BCUT2D eigenvalue weighted by molar-refractivity contribution is 0.194. The van der Waals surface area contributed by atoms with Gasteiger partial charge in [-0.1, -0.05) is 25.2 Å². The Labute approximate surface area is 141 Å². The van der Waals surface area contributed by atoms with E-state index in [2.05, 4.69) is 23.9 Å². The first-order valence-electron chi connectivity index (χ1n) is 8.48. The molecule has 0 bridgehead atoms. The Kier molecular flexibility index (Phi) is 5.10. The molecule has 1 aromatic heterocycles. The molecule has 1 aliphatic rings. The summed E-state index contributed by atoms with van der Waals surface area (Å²) in [6, 6.07) is 3.89. The Bertz CT molecular complexity index is 675. The lowest BCUT2D eigenvalue weighted by Crippen LogP contribution is -2.29. The minimum absolute atomic E-state index is 0.160. The van der Waals surface area contributed by atoms with E-state index in [4.69, 9.17) is 15.3 Å². The van der Waals surface area contributed by atoms with Crippen LogP contribution in [-0.2, 0) is 0 Å². The summed E-state index contributed by atoms with van der Waals surface area (Å²) in [6.45, 7) is 6.40. The summed E-state index contributed by atoms with van der Waals surface area (Å²) < 4.78 is 7.11. The Hall–Kier alpha value is -1.69. The summed E-state index contributed by atoms with van der Waals surface area (Å²) in [4.78, 5) is 7.16. The number of nitrogens with one attached hydrogen (secondary N) is 1. The molecule has 1 aliphatic heterocycles. The molecule has 6 heteroatoms. The highest BCUT2D eigenvalue weighted by Crippen LogP contribution is 2.38. The van der Waals surface area contributed by atoms with E-state index < -0.39 is 0 Å². The van der Waals surface area contributed by atoms with Crippen LogP contribution in [0.4, 0.5) is 10.8 Å². The van der Waals surface area contributed by atoms with Crippen LogP contribution < -0.4 is 9.64 Å². The van der Waals surface area contributed by atoms with E-state index in [1.54, 1.807) is 11.3 Å². The summed E-state index contributed by atoms with van der Waals surface area (Å²) in [5.41, 5.74) is 8.98. The lowest BCUT2D eigenvalue weighted by atomic mass is 10.1. The van der Waals surface area contributed by atoms with Gasteiger partial charge in [0.05, 0.1) is 16.3 Å². The number of anilines is 1. The molecular formula is C17H24N4OS. The lowest BCUT2D eigenvalue weighted by Gasteiger charge is -2.25. The molecule has 124 valence electrons. The molecule has 0 saturated carbocycles. The van der Waals surface area contributed by atoms with E-state index in [9.17, 15) is 0 Å². The van der Waals surface area contributed by atoms with E-state index in [-0.39, 0.29) is 6.10 Å². The van der Waals surface area contributed by atoms with Crippen molar-refractivity contribution in [3.63, 3.8) is 0 Å². The van der Waals surface area contributed by atoms with Crippen molar-refractivity contribution >= 4 is 32.4 Å². The number of piperidine rings is 1. The second-order valence-electron chi connectivity index (χ2n) is 6.00. The summed E-state index contributed by atoms with van der Waals surface area (Å²) in [5.74, 6) is 0.677. The van der Waals surface area contributed by atoms with Crippen molar-refractivity contribution in [1.29, 1.82) is 5.53 Å². The number of benzene rings is 1. The number of hydrogen-bond acceptors (Lipinski definition) is 6. The van der Waals surface area contributed by atoms with Gasteiger partial charge in [-0.3, -0.25) is 0 Å². The fourth-order valence-electron chi connectivity index (χ4n) is 2.97. The van der Waals surface area contributed by atoms with Crippen molar-refractivity contribution in [3.05, 3.63) is 12.1 Å². The first-order valence-corrected chi connectivity index (χ1v) is 9.30. The third kappa shape index (κ3) is 3.47. The zero-order chi connectivity index (χ0) is 16.2. The molecule has 0 amide bonds. The Balaban J connectivity index is 1.93. The van der Waals surface area contributed by atoms with Crippen LogP contribution in [-0.4, -0.2) is 24.2 Å². The van der Waals surface area contributed by atoms with Crippen molar-refractivity contribution < 1.29 is 4.74 Å². The van der Waals surface area contributed by atoms with Crippen LogP contribution in [0.15, 0.2) is 17.2 Å². The van der Waals surface area contributed by atoms with Gasteiger partial charge in [-0.25, -0.2) is 10.5 Å². The predicted molar refractivity (Wildman–Crippen MR) is 95.5 cm³/mol. The maximum absolute atomic E-state index is 7.44. The van der Waals surface area contributed by atoms with Crippen molar-refractivity contribution in [3.8, 4) is 5.75 Å². The zero-order valence-corrected chi connectivity index (χ0v) is 14.7. The standard InChI is InChI=1S/C17H24N4OS/c1-3-12(4-2)22-15-10-14-16(11-13(15)20-18)23-17(19-14)21-8-6-5-7-9-21/h10-12,18H,3-9H2,1-2H3. The quantitative estimate of drug-likeness (QED) is 0.709. The van der Waals surface area contributed by atoms with Gasteiger partial charge in [-0.15, -0.1) is 0 Å². The molecule has 1 N–H and O–H groups in total. The number of aromatic nitrogens is 1. The smallest absolute Gasteiger partial charge is 0.186 e. The average Bonchev–Trinajstić information content (AvgIpc) is 3.02. The topological polar surface area (TPSA) is 61.6 Å². The number of hydrogen-bond donors (Lipinski definition) is 1. The molecule has 1 fully saturated rings. The van der Waals surface area contributed by atoms with E-state index >= 15 is 0 Å². The molecule has 23 heavy (non-hydrogen) atoms. The average molecular weight is 332 g/mol. The molecular weight excluding hydrogens is 308 g/mol. The van der Waals surface area contributed by atoms with E-state index in [0.29, 0.717) is 11.4 Å². The van der Waals surface area contributed by atoms with Crippen LogP contribution in [0, 0.1) is 5.53 Å². The van der Waals surface area contributed by atoms with Crippen LogP contribution in [0.2, 0.25) is 0 Å². The van der Waals surface area contributed by atoms with Crippen molar-refractivity contribution in [2.24, 2.45) is 5.11 Å². The Morgan fingerprint density at radius 1 is 1.26 bits per heavy atom. The molecule has 1 saturated heterocycles. The maximum atomic E-state index is 7.44. The summed E-state index contributed by atoms with van der Waals surface area (Å²) >= 11 is 1.69. The molecule has 2 aromatic rings. The largest absolute Gasteiger partial charge is 0.488 e. The number of fused-ring (bicyclic) bond motifs is 1. The third-order valence-electron chi connectivity index (χ3n) is 4.41. The van der Waals surface area contributed by atoms with Crippen LogP contribution >= 0.6 is 11.3 Å². The molecule has 0 aliphatic carbocycles. The van der Waals surface area contributed by atoms with Crippen LogP contribution in [0.1, 0.15) is 46.0 Å². The molecule has 0 unspecified atom stereocenters. The van der Waals surface area contributed by atoms with E-state index in [0.717, 1.165) is 41.3 Å². The molecule has 0 radical (unpaired) electrons. The number of rotatable bonds is 6. The third-order valence-corrected chi connectivity index (χ3v) is 5.49. The fraction of sp³-hybridized carbons (Fsp3) is 0.588. The minimum Gasteiger partial charge on any atom is -0.488 e. The number of nitrogens with zero attached hydrogens (tertiary/aromatic N) is 3. The SMILES string of the molecule is CCC(CC)Oc1cc2nc(N3CCCCC3)sc2cc1N=N. The molecule has 2 heterocycles. The van der Waals surface area contributed by atoms with E-state index in [1.165, 1.54) is 19.3 Å². The molecule has 5 nitrogen and oxygen atoms in total. The normalized spacial score (nSPS) is 15.3. The van der Waals surface area contributed by atoms with Crippen molar-refractivity contribution in [2.45, 2.75) is 52.1 Å². The van der Waals surface area contributed by atoms with Crippen molar-refractivity contribution in [1.82, 2.24) is 4.98 Å². The minimum atomic E-state index is 0.160. The number of ether oxygens (including phenoxy) is 1. The van der Waals surface area contributed by atoms with Crippen LogP contribution in [0.5, 0.6) is 5.75 Å². The van der Waals surface area contributed by atoms with Gasteiger partial charge in [0.1, 0.15) is 11.4 Å². The van der Waals surface area contributed by atoms with Gasteiger partial charge in [0.2, 0.25) is 0 Å². The fourth-order valence-corrected chi connectivity index (χ4v) is 4.00. The van der Waals surface area contributed by atoms with Gasteiger partial charge in [0, 0.05) is 19.2 Å². The maximum Gasteiger partial charge on any atom is 0.186 e. The summed E-state index contributed by atoms with van der Waals surface area (Å²) in [6.07, 6.45) is 5.85. The van der Waals surface area contributed by atoms with E-state index in [1.807, 2.05) is 12.1 Å². The number of thiazole rings is 1. The van der Waals surface area contributed by atoms with Crippen LogP contribution in [0.25, 0.3) is 10.2 Å². The first kappa shape index (κ1) is 16.2. The van der Waals surface area contributed by atoms with Gasteiger partial charge in [0.15, 0.2) is 5.13 Å². The van der Waals surface area contributed by atoms with Gasteiger partial charge in [0.25, 0.3) is 0 Å². The molecule has 0 atom stereocenters. The van der Waals surface area contributed by atoms with Crippen LogP contribution in [0.3, 0.4) is 0 Å². The Morgan fingerprint density at radius 2 is 2.00 bits per heavy atom. The zero-order valence-electron chi connectivity index (χ0n) is 13.8. The predicted octanol–water partition coefficient (Wildman–Crippen LogP) is 5.52. The highest BCUT2D eigenvalue weighted by Gasteiger charge is 2.18. The van der Waals surface area contributed by atoms with Gasteiger partial charge in [-0.2, -0.15) is 5.11 Å². The Morgan fingerprint density at radius 3 is 2.65 bits per heavy atom. The van der Waals surface area contributed by atoms with Gasteiger partial charge in [-0.05, 0) is 38.2 Å². The van der Waals surface area contributed by atoms with Gasteiger partial charge < -0.3 is 9.64 Å². The highest BCUT2D eigenvalue weighted by molar-refractivity contribution is 7.22. The van der Waals surface area contributed by atoms with Gasteiger partial charge >= 0.3 is 0 Å². The second-order valence-corrected chi connectivity index (χ2v) is 7.01. The monoisotopic (exact) mass is 332 g/mol. The molecule has 3 rings (SSSR count). The highest BCUT2D eigenvalue weighted by atomic mass is 32.1. The summed E-state index contributed by atoms with van der Waals surface area (Å²) in [7, 11) is 0. The second kappa shape index (κ2) is 7.25. The summed E-state index contributed by atoms with van der Waals surface area (Å²) in [5, 5.41) is 4.73.